The Morgan fingerprint density at radius 2 is 1.97 bits per heavy atom. The predicted molar refractivity (Wildman–Crippen MR) is 101 cm³/mol. The first kappa shape index (κ1) is 17.4. The molecular weight excluding hydrogens is 374 g/mol. The molecule has 3 heterocycles. The molecule has 1 aliphatic heterocycles. The number of fused-ring (bicyclic) bond motifs is 4. The molecule has 0 spiro atoms. The monoisotopic (exact) mass is 391 g/mol. The van der Waals surface area contributed by atoms with Crippen molar-refractivity contribution in [3.05, 3.63) is 59.6 Å². The fraction of sp³-hybridized carbons (Fsp3) is 0.238. The summed E-state index contributed by atoms with van der Waals surface area (Å²) in [4.78, 5) is 46.3. The molecular formula is C21H17N3O5. The minimum absolute atomic E-state index is 0.0588. The van der Waals surface area contributed by atoms with Gasteiger partial charge in [0, 0.05) is 54.2 Å². The molecule has 0 saturated carbocycles. The van der Waals surface area contributed by atoms with Crippen molar-refractivity contribution >= 4 is 28.6 Å². The Kier molecular flexibility index (Phi) is 3.87. The van der Waals surface area contributed by atoms with Crippen LogP contribution in [0.3, 0.4) is 0 Å². The van der Waals surface area contributed by atoms with E-state index in [-0.39, 0.29) is 17.7 Å². The van der Waals surface area contributed by atoms with Crippen LogP contribution in [0.2, 0.25) is 0 Å². The summed E-state index contributed by atoms with van der Waals surface area (Å²) in [5, 5.41) is 0.928. The Bertz CT molecular complexity index is 1220. The van der Waals surface area contributed by atoms with E-state index in [2.05, 4.69) is 4.98 Å². The number of rotatable bonds is 2. The van der Waals surface area contributed by atoms with E-state index in [1.807, 2.05) is 42.1 Å². The summed E-state index contributed by atoms with van der Waals surface area (Å²) >= 11 is 0. The van der Waals surface area contributed by atoms with Gasteiger partial charge in [0.05, 0.1) is 11.4 Å². The molecule has 0 fully saturated rings. The maximum absolute atomic E-state index is 13.3. The lowest BCUT2D eigenvalue weighted by Crippen LogP contribution is -2.27. The van der Waals surface area contributed by atoms with E-state index >= 15 is 0 Å². The maximum Gasteiger partial charge on any atom is 0.356 e. The molecule has 0 radical (unpaired) electrons. The number of esters is 1. The number of para-hydroxylation sites is 1. The van der Waals surface area contributed by atoms with Crippen molar-refractivity contribution in [1.82, 2.24) is 14.3 Å². The summed E-state index contributed by atoms with van der Waals surface area (Å²) in [6, 6.07) is 7.71. The Labute approximate surface area is 165 Å². The zero-order chi connectivity index (χ0) is 20.1. The number of carbonyl (C=O) groups excluding carboxylic acids is 3. The van der Waals surface area contributed by atoms with Crippen LogP contribution in [0.5, 0.6) is 6.01 Å². The van der Waals surface area contributed by atoms with Crippen LogP contribution in [0.4, 0.5) is 0 Å². The number of aryl methyl sites for hydroxylation is 1. The lowest BCUT2D eigenvalue weighted by Gasteiger charge is -2.21. The van der Waals surface area contributed by atoms with Crippen LogP contribution >= 0.6 is 0 Å². The van der Waals surface area contributed by atoms with Gasteiger partial charge in [-0.05, 0) is 18.9 Å². The van der Waals surface area contributed by atoms with Crippen molar-refractivity contribution in [1.29, 1.82) is 0 Å². The first-order chi connectivity index (χ1) is 14.0. The van der Waals surface area contributed by atoms with E-state index in [1.165, 1.54) is 0 Å². The highest BCUT2D eigenvalue weighted by molar-refractivity contribution is 6.09. The zero-order valence-corrected chi connectivity index (χ0v) is 15.6. The maximum atomic E-state index is 13.3. The molecule has 8 nitrogen and oxygen atoms in total. The van der Waals surface area contributed by atoms with Crippen molar-refractivity contribution in [2.24, 2.45) is 13.0 Å². The molecule has 5 rings (SSSR count). The summed E-state index contributed by atoms with van der Waals surface area (Å²) < 4.78 is 8.25. The Morgan fingerprint density at radius 3 is 2.83 bits per heavy atom. The number of aromatic nitrogens is 3. The van der Waals surface area contributed by atoms with Crippen LogP contribution in [-0.4, -0.2) is 32.0 Å². The molecule has 2 aliphatic rings. The van der Waals surface area contributed by atoms with Gasteiger partial charge in [-0.25, -0.2) is 9.59 Å². The van der Waals surface area contributed by atoms with Crippen LogP contribution in [0.25, 0.3) is 10.9 Å². The largest absolute Gasteiger partial charge is 0.387 e. The number of hydrogen-bond donors (Lipinski definition) is 0. The lowest BCUT2D eigenvalue weighted by atomic mass is 9.84. The summed E-state index contributed by atoms with van der Waals surface area (Å²) in [6.45, 7) is 0. The third kappa shape index (κ3) is 2.84. The van der Waals surface area contributed by atoms with Gasteiger partial charge in [-0.15, -0.1) is 4.73 Å². The van der Waals surface area contributed by atoms with Crippen molar-refractivity contribution in [2.45, 2.75) is 19.3 Å². The Hall–Kier alpha value is -3.68. The number of ether oxygens (including phenoxy) is 1. The van der Waals surface area contributed by atoms with E-state index in [1.54, 1.807) is 0 Å². The molecule has 8 heteroatoms. The molecule has 0 amide bonds. The normalized spacial score (nSPS) is 19.6. The van der Waals surface area contributed by atoms with E-state index < -0.39 is 11.9 Å². The Morgan fingerprint density at radius 1 is 1.17 bits per heavy atom. The lowest BCUT2D eigenvalue weighted by molar-refractivity contribution is -0.143. The third-order valence-electron chi connectivity index (χ3n) is 5.41. The smallest absolute Gasteiger partial charge is 0.356 e. The highest BCUT2D eigenvalue weighted by atomic mass is 16.7. The molecule has 146 valence electrons. The molecule has 1 atom stereocenters. The number of imidazole rings is 1. The van der Waals surface area contributed by atoms with Gasteiger partial charge in [0.25, 0.3) is 0 Å². The second-order valence-electron chi connectivity index (χ2n) is 7.22. The molecule has 29 heavy (non-hydrogen) atoms. The van der Waals surface area contributed by atoms with Gasteiger partial charge in [0.2, 0.25) is 0 Å². The number of nitrogens with zero attached hydrogens (tertiary/aromatic N) is 3. The molecule has 0 saturated heterocycles. The van der Waals surface area contributed by atoms with Crippen molar-refractivity contribution in [3.63, 3.8) is 0 Å². The molecule has 1 aliphatic carbocycles. The minimum Gasteiger partial charge on any atom is -0.387 e. The fourth-order valence-electron chi connectivity index (χ4n) is 4.03. The number of hydrogen-bond acceptors (Lipinski definition) is 6. The van der Waals surface area contributed by atoms with Gasteiger partial charge in [-0.1, -0.05) is 18.2 Å². The summed E-state index contributed by atoms with van der Waals surface area (Å²) in [5.41, 5.74) is 2.95. The zero-order valence-electron chi connectivity index (χ0n) is 15.6. The number of Topliss-reactive ketones (excluding diaryl/α,β-unsaturated/α-hetero) is 1. The standard InChI is InChI=1S/C21H17N3O5/c1-23-11-14(13-4-2-3-5-16(13)23)20(27)12-6-7-17-15(10-12)22-21-24(17)29-19(26)9-8-18(25)28-21/h2-5,8-9,11-12H,6-7,10H2,1H3/b9-8+/t12-/m1/s1. The van der Waals surface area contributed by atoms with Crippen LogP contribution in [-0.2, 0) is 29.5 Å². The van der Waals surface area contributed by atoms with Crippen LogP contribution in [0.15, 0.2) is 42.6 Å². The van der Waals surface area contributed by atoms with Gasteiger partial charge < -0.3 is 14.1 Å². The van der Waals surface area contributed by atoms with Crippen molar-refractivity contribution < 1.29 is 24.0 Å². The topological polar surface area (TPSA) is 92.4 Å². The van der Waals surface area contributed by atoms with Crippen LogP contribution in [0.1, 0.15) is 28.2 Å². The fourth-order valence-corrected chi connectivity index (χ4v) is 4.03. The van der Waals surface area contributed by atoms with Gasteiger partial charge in [-0.3, -0.25) is 4.79 Å². The second-order valence-corrected chi connectivity index (χ2v) is 7.22. The van der Waals surface area contributed by atoms with E-state index in [0.29, 0.717) is 36.2 Å². The number of carbonyl (C=O) groups is 3. The van der Waals surface area contributed by atoms with Gasteiger partial charge >= 0.3 is 17.9 Å². The van der Waals surface area contributed by atoms with Gasteiger partial charge in [-0.2, -0.15) is 4.98 Å². The quantitative estimate of drug-likeness (QED) is 0.489. The van der Waals surface area contributed by atoms with Gasteiger partial charge in [0.1, 0.15) is 0 Å². The average Bonchev–Trinajstić information content (AvgIpc) is 3.22. The molecule has 1 aromatic carbocycles. The molecule has 0 N–H and O–H groups in total. The van der Waals surface area contributed by atoms with E-state index in [0.717, 1.165) is 27.8 Å². The minimum atomic E-state index is -0.700. The van der Waals surface area contributed by atoms with Gasteiger partial charge in [0.15, 0.2) is 5.78 Å². The molecule has 0 bridgehead atoms. The van der Waals surface area contributed by atoms with E-state index in [9.17, 15) is 14.4 Å². The highest BCUT2D eigenvalue weighted by Gasteiger charge is 2.33. The first-order valence-electron chi connectivity index (χ1n) is 9.32. The summed E-state index contributed by atoms with van der Waals surface area (Å²) in [6.07, 6.45) is 5.32. The van der Waals surface area contributed by atoms with Crippen LogP contribution in [0, 0.1) is 5.92 Å². The second kappa shape index (κ2) is 6.44. The summed E-state index contributed by atoms with van der Waals surface area (Å²) in [7, 11) is 1.92. The number of ketones is 1. The van der Waals surface area contributed by atoms with Crippen LogP contribution < -0.4 is 9.57 Å². The predicted octanol–water partition coefficient (Wildman–Crippen LogP) is 1.79. The highest BCUT2D eigenvalue weighted by Crippen LogP contribution is 2.32. The van der Waals surface area contributed by atoms with Crippen molar-refractivity contribution in [3.8, 4) is 6.01 Å². The summed E-state index contributed by atoms with van der Waals surface area (Å²) in [5.74, 6) is -1.58. The van der Waals surface area contributed by atoms with E-state index in [4.69, 9.17) is 9.57 Å². The third-order valence-corrected chi connectivity index (χ3v) is 5.41. The molecule has 3 aromatic rings. The average molecular weight is 391 g/mol. The first-order valence-corrected chi connectivity index (χ1v) is 9.32. The molecule has 2 aromatic heterocycles. The van der Waals surface area contributed by atoms with Crippen molar-refractivity contribution in [2.75, 3.05) is 0 Å². The molecule has 0 unspecified atom stereocenters. The Balaban J connectivity index is 1.47. The SMILES string of the molecule is Cn1cc(C(=O)[C@@H]2CCc3c(nc4n3OC(=O)/C=C/C(=O)O4)C2)c2ccccc21. The number of benzene rings is 1.